The smallest absolute Gasteiger partial charge is 0.382 e. The minimum atomic E-state index is -4.43. The Morgan fingerprint density at radius 3 is 2.21 bits per heavy atom. The molecule has 0 saturated carbocycles. The minimum Gasteiger partial charge on any atom is -0.382 e. The molecule has 47 heavy (non-hydrogen) atoms. The molecule has 2 saturated heterocycles. The highest BCUT2D eigenvalue weighted by Gasteiger charge is 2.31. The number of halogens is 3. The van der Waals surface area contributed by atoms with Gasteiger partial charge in [0.15, 0.2) is 9.84 Å². The number of hydrogen-bond donors (Lipinski definition) is 2. The lowest BCUT2D eigenvalue weighted by atomic mass is 9.97. The van der Waals surface area contributed by atoms with E-state index in [4.69, 9.17) is 0 Å². The molecular formula is C33H42F3N5O4S2. The number of benzene rings is 2. The molecule has 0 atom stereocenters. The maximum atomic E-state index is 13.7. The number of aromatic nitrogens is 1. The number of piperidine rings is 2. The number of alkyl halides is 3. The Balaban J connectivity index is 1.22. The number of likely N-dealkylation sites (tertiary alicyclic amines) is 2. The van der Waals surface area contributed by atoms with Gasteiger partial charge in [-0.3, -0.25) is 0 Å². The van der Waals surface area contributed by atoms with Gasteiger partial charge < -0.3 is 25.0 Å². The molecule has 3 heterocycles. The van der Waals surface area contributed by atoms with Gasteiger partial charge in [-0.05, 0) is 87.2 Å². The van der Waals surface area contributed by atoms with E-state index in [1.165, 1.54) is 23.0 Å². The highest BCUT2D eigenvalue weighted by molar-refractivity contribution is 7.91. The minimum absolute atomic E-state index is 0.162. The van der Waals surface area contributed by atoms with Crippen molar-refractivity contribution in [1.29, 1.82) is 0 Å². The normalized spacial score (nSPS) is 17.8. The zero-order valence-corrected chi connectivity index (χ0v) is 28.3. The van der Waals surface area contributed by atoms with E-state index in [9.17, 15) is 30.0 Å². The van der Waals surface area contributed by atoms with Crippen molar-refractivity contribution in [3.8, 4) is 11.8 Å². The number of anilines is 2. The topological polar surface area (TPSA) is 104 Å². The molecular weight excluding hydrogens is 652 g/mol. The highest BCUT2D eigenvalue weighted by Crippen LogP contribution is 2.32. The van der Waals surface area contributed by atoms with E-state index < -0.39 is 32.4 Å². The fourth-order valence-corrected chi connectivity index (χ4v) is 7.62. The van der Waals surface area contributed by atoms with Crippen molar-refractivity contribution in [2.45, 2.75) is 55.4 Å². The fraction of sp³-hybridized carbons (Fsp3) is 0.515. The molecule has 2 aliphatic rings. The summed E-state index contributed by atoms with van der Waals surface area (Å²) in [4.78, 5) is 4.95. The third kappa shape index (κ3) is 9.88. The van der Waals surface area contributed by atoms with Crippen LogP contribution in [0.4, 0.5) is 24.5 Å². The summed E-state index contributed by atoms with van der Waals surface area (Å²) in [6.45, 7) is 3.24. The van der Waals surface area contributed by atoms with Crippen molar-refractivity contribution in [3.05, 3.63) is 54.2 Å². The van der Waals surface area contributed by atoms with Crippen molar-refractivity contribution in [2.75, 3.05) is 68.2 Å². The Kier molecular flexibility index (Phi) is 10.8. The third-order valence-corrected chi connectivity index (χ3v) is 11.0. The van der Waals surface area contributed by atoms with Gasteiger partial charge in [-0.15, -0.1) is 0 Å². The van der Waals surface area contributed by atoms with E-state index in [-0.39, 0.29) is 28.9 Å². The number of sulfone groups is 2. The molecule has 2 aromatic carbocycles. The van der Waals surface area contributed by atoms with E-state index in [0.717, 1.165) is 63.8 Å². The molecule has 2 fully saturated rings. The van der Waals surface area contributed by atoms with Crippen LogP contribution in [-0.2, 0) is 26.2 Å². The summed E-state index contributed by atoms with van der Waals surface area (Å²) in [5.41, 5.74) is 2.16. The number of nitrogens with one attached hydrogen (secondary N) is 2. The van der Waals surface area contributed by atoms with Gasteiger partial charge in [-0.2, -0.15) is 13.2 Å². The second kappa shape index (κ2) is 14.5. The quantitative estimate of drug-likeness (QED) is 0.301. The van der Waals surface area contributed by atoms with Gasteiger partial charge in [0.1, 0.15) is 16.4 Å². The van der Waals surface area contributed by atoms with Gasteiger partial charge in [0.05, 0.1) is 28.4 Å². The SMILES string of the molecule is CS(=O)(=O)CCN1CCC(N2CCC(Nc3cccc4c3cc(C#CCNc3ccc(S(C)(=O)=O)cc3)n4CC(F)(F)F)CC2)CC1. The zero-order chi connectivity index (χ0) is 33.8. The third-order valence-electron chi connectivity index (χ3n) is 8.90. The van der Waals surface area contributed by atoms with E-state index in [1.807, 2.05) is 6.07 Å². The predicted octanol–water partition coefficient (Wildman–Crippen LogP) is 4.46. The van der Waals surface area contributed by atoms with Crippen LogP contribution in [0, 0.1) is 11.8 Å². The van der Waals surface area contributed by atoms with Gasteiger partial charge in [0.2, 0.25) is 0 Å². The molecule has 5 rings (SSSR count). The molecule has 0 amide bonds. The van der Waals surface area contributed by atoms with Gasteiger partial charge in [-0.25, -0.2) is 16.8 Å². The highest BCUT2D eigenvalue weighted by atomic mass is 32.2. The Labute approximate surface area is 275 Å². The summed E-state index contributed by atoms with van der Waals surface area (Å²) in [6.07, 6.45) is 1.84. The number of rotatable bonds is 10. The van der Waals surface area contributed by atoms with Gasteiger partial charge in [0.25, 0.3) is 0 Å². The van der Waals surface area contributed by atoms with Gasteiger partial charge >= 0.3 is 6.18 Å². The first-order valence-electron chi connectivity index (χ1n) is 15.8. The summed E-state index contributed by atoms with van der Waals surface area (Å²) >= 11 is 0. The fourth-order valence-electron chi connectivity index (χ4n) is 6.40. The molecule has 256 valence electrons. The van der Waals surface area contributed by atoms with E-state index in [2.05, 4.69) is 32.3 Å². The van der Waals surface area contributed by atoms with Gasteiger partial charge in [-0.1, -0.05) is 12.0 Å². The molecule has 0 aliphatic carbocycles. The van der Waals surface area contributed by atoms with Crippen LogP contribution in [0.15, 0.2) is 53.4 Å². The molecule has 2 aliphatic heterocycles. The molecule has 0 spiro atoms. The summed E-state index contributed by atoms with van der Waals surface area (Å²) in [7, 11) is -6.28. The first-order valence-corrected chi connectivity index (χ1v) is 19.7. The molecule has 14 heteroatoms. The zero-order valence-electron chi connectivity index (χ0n) is 26.7. The molecule has 2 N–H and O–H groups in total. The Morgan fingerprint density at radius 1 is 0.915 bits per heavy atom. The predicted molar refractivity (Wildman–Crippen MR) is 180 cm³/mol. The maximum Gasteiger partial charge on any atom is 0.406 e. The summed E-state index contributed by atoms with van der Waals surface area (Å²) < 4.78 is 88.5. The lowest BCUT2D eigenvalue weighted by molar-refractivity contribution is -0.140. The number of hydrogen-bond acceptors (Lipinski definition) is 8. The first kappa shape index (κ1) is 35.1. The molecule has 0 unspecified atom stereocenters. The summed E-state index contributed by atoms with van der Waals surface area (Å²) in [5, 5.41) is 7.35. The second-order valence-corrected chi connectivity index (χ2v) is 16.9. The molecule has 0 radical (unpaired) electrons. The average molecular weight is 694 g/mol. The largest absolute Gasteiger partial charge is 0.406 e. The molecule has 9 nitrogen and oxygen atoms in total. The van der Waals surface area contributed by atoms with Crippen LogP contribution in [-0.4, -0.2) is 107 Å². The Morgan fingerprint density at radius 2 is 1.60 bits per heavy atom. The van der Waals surface area contributed by atoms with Crippen molar-refractivity contribution in [3.63, 3.8) is 0 Å². The van der Waals surface area contributed by atoms with Crippen LogP contribution in [0.3, 0.4) is 0 Å². The van der Waals surface area contributed by atoms with Crippen molar-refractivity contribution in [1.82, 2.24) is 14.4 Å². The number of nitrogens with zero attached hydrogens (tertiary/aromatic N) is 3. The van der Waals surface area contributed by atoms with E-state index in [1.54, 1.807) is 30.3 Å². The van der Waals surface area contributed by atoms with Crippen LogP contribution in [0.2, 0.25) is 0 Å². The summed E-state index contributed by atoms with van der Waals surface area (Å²) in [6, 6.07) is 13.9. The van der Waals surface area contributed by atoms with Gasteiger partial charge in [0, 0.05) is 61.0 Å². The molecule has 1 aromatic heterocycles. The Hall–Kier alpha value is -3.25. The van der Waals surface area contributed by atoms with Crippen LogP contribution >= 0.6 is 0 Å². The first-order chi connectivity index (χ1) is 22.1. The summed E-state index contributed by atoms with van der Waals surface area (Å²) in [5.74, 6) is 6.01. The van der Waals surface area contributed by atoms with Crippen molar-refractivity contribution in [2.24, 2.45) is 0 Å². The monoisotopic (exact) mass is 693 g/mol. The maximum absolute atomic E-state index is 13.7. The standard InChI is InChI=1S/C33H42F3N5O4S2/c1-46(42,43)22-21-39-17-14-27(15-18-39)40-19-12-26(13-20-40)38-31-6-3-7-32-30(31)23-28(41(32)24-33(34,35)36)5-4-16-37-25-8-10-29(11-9-25)47(2,44)45/h3,6-11,23,26-27,37-38H,12-22,24H2,1-2H3. The number of fused-ring (bicyclic) bond motifs is 1. The van der Waals surface area contributed by atoms with E-state index in [0.29, 0.717) is 29.2 Å². The lowest BCUT2D eigenvalue weighted by Crippen LogP contribution is -2.49. The van der Waals surface area contributed by atoms with Crippen molar-refractivity contribution >= 4 is 42.0 Å². The Bertz CT molecular complexity index is 1820. The lowest BCUT2D eigenvalue weighted by Gasteiger charge is -2.42. The van der Waals surface area contributed by atoms with Crippen LogP contribution in [0.1, 0.15) is 31.4 Å². The van der Waals surface area contributed by atoms with Crippen molar-refractivity contribution < 1.29 is 30.0 Å². The average Bonchev–Trinajstić information content (AvgIpc) is 3.35. The van der Waals surface area contributed by atoms with E-state index >= 15 is 0 Å². The molecule has 0 bridgehead atoms. The second-order valence-electron chi connectivity index (χ2n) is 12.6. The van der Waals surface area contributed by atoms with Crippen LogP contribution in [0.5, 0.6) is 0 Å². The van der Waals surface area contributed by atoms with Crippen LogP contribution in [0.25, 0.3) is 10.9 Å². The van der Waals surface area contributed by atoms with Crippen LogP contribution < -0.4 is 10.6 Å². The molecule has 3 aromatic rings.